The van der Waals surface area contributed by atoms with Crippen LogP contribution in [-0.4, -0.2) is 81.2 Å². The first-order chi connectivity index (χ1) is 25.4. The van der Waals surface area contributed by atoms with E-state index in [2.05, 4.69) is 15.6 Å². The number of aliphatic carboxylic acids is 1. The summed E-state index contributed by atoms with van der Waals surface area (Å²) in [5, 5.41) is 14.4. The summed E-state index contributed by atoms with van der Waals surface area (Å²) < 4.78 is 89.5. The summed E-state index contributed by atoms with van der Waals surface area (Å²) in [6, 6.07) is 12.0. The molecule has 1 aliphatic rings. The van der Waals surface area contributed by atoms with Crippen molar-refractivity contribution < 1.29 is 59.7 Å². The summed E-state index contributed by atoms with van der Waals surface area (Å²) in [6.45, 7) is 1.81. The van der Waals surface area contributed by atoms with Crippen LogP contribution in [0, 0.1) is 5.82 Å². The number of amides is 2. The number of hydrogen-bond donors (Lipinski definition) is 4. The molecule has 290 valence electrons. The maximum atomic E-state index is 15.9. The van der Waals surface area contributed by atoms with Crippen LogP contribution in [-0.2, 0) is 24.2 Å². The Hall–Kier alpha value is -5.85. The van der Waals surface area contributed by atoms with E-state index in [1.807, 2.05) is 0 Å². The molecule has 0 aliphatic carbocycles. The summed E-state index contributed by atoms with van der Waals surface area (Å²) in [6.07, 6.45) is -3.26. The molecule has 54 heavy (non-hydrogen) atoms. The van der Waals surface area contributed by atoms with E-state index >= 15 is 4.39 Å². The second-order valence-corrected chi connectivity index (χ2v) is 14.0. The van der Waals surface area contributed by atoms with Gasteiger partial charge in [-0.2, -0.15) is 13.2 Å². The summed E-state index contributed by atoms with van der Waals surface area (Å²) in [5.74, 6) is -3.43. The topological polar surface area (TPSA) is 199 Å². The van der Waals surface area contributed by atoms with Gasteiger partial charge in [0.15, 0.2) is 21.3 Å². The van der Waals surface area contributed by atoms with E-state index in [1.165, 1.54) is 52.5 Å². The van der Waals surface area contributed by atoms with Crippen molar-refractivity contribution >= 4 is 55.8 Å². The predicted molar refractivity (Wildman–Crippen MR) is 190 cm³/mol. The number of carboxylic acid groups (broad SMARTS) is 1. The lowest BCUT2D eigenvalue weighted by molar-refractivity contribution is -0.192. The highest BCUT2D eigenvalue weighted by Crippen LogP contribution is 2.41. The molecule has 1 saturated heterocycles. The van der Waals surface area contributed by atoms with Gasteiger partial charge in [-0.05, 0) is 72.3 Å². The second-order valence-electron chi connectivity index (χ2n) is 11.7. The number of likely N-dealkylation sites (tertiary alicyclic amines) is 1. The number of anilines is 3. The normalized spacial score (nSPS) is 14.7. The van der Waals surface area contributed by atoms with Crippen molar-refractivity contribution in [3.8, 4) is 11.5 Å². The highest BCUT2D eigenvalue weighted by atomic mass is 32.2. The van der Waals surface area contributed by atoms with E-state index < -0.39 is 51.9 Å². The van der Waals surface area contributed by atoms with Crippen LogP contribution in [0.3, 0.4) is 0 Å². The fraction of sp³-hybridized carbons (Fsp3) is 0.314. The number of nitrogens with one attached hydrogen (secondary N) is 2. The summed E-state index contributed by atoms with van der Waals surface area (Å²) in [5.41, 5.74) is 7.17. The molecule has 3 aromatic carbocycles. The summed E-state index contributed by atoms with van der Waals surface area (Å²) in [4.78, 5) is 41.2. The molecule has 2 heterocycles. The lowest BCUT2D eigenvalue weighted by Crippen LogP contribution is -2.38. The van der Waals surface area contributed by atoms with E-state index in [0.717, 1.165) is 11.5 Å². The molecular formula is C35H37F4N5O9S. The molecule has 14 nitrogen and oxygen atoms in total. The van der Waals surface area contributed by atoms with Gasteiger partial charge >= 0.3 is 18.2 Å². The number of ether oxygens (including phenoxy) is 3. The molecule has 0 spiro atoms. The first-order valence-electron chi connectivity index (χ1n) is 16.1. The number of nitrogens with two attached hydrogens (primary N) is 1. The quantitative estimate of drug-likeness (QED) is 0.135. The number of methoxy groups -OCH3 is 3. The van der Waals surface area contributed by atoms with Crippen LogP contribution < -0.4 is 25.8 Å². The third kappa shape index (κ3) is 9.20. The zero-order valence-electron chi connectivity index (χ0n) is 29.4. The molecule has 0 radical (unpaired) electrons. The smallest absolute Gasteiger partial charge is 0.490 e. The van der Waals surface area contributed by atoms with Crippen LogP contribution in [0.1, 0.15) is 43.0 Å². The van der Waals surface area contributed by atoms with E-state index in [0.29, 0.717) is 41.0 Å². The van der Waals surface area contributed by atoms with Crippen molar-refractivity contribution in [2.24, 2.45) is 0 Å². The average Bonchev–Trinajstić information content (AvgIpc) is 3.63. The number of pyridine rings is 1. The first kappa shape index (κ1) is 40.9. The van der Waals surface area contributed by atoms with Crippen LogP contribution in [0.25, 0.3) is 10.8 Å². The molecule has 0 unspecified atom stereocenters. The van der Waals surface area contributed by atoms with Crippen LogP contribution in [0.15, 0.2) is 65.7 Å². The van der Waals surface area contributed by atoms with Gasteiger partial charge in [0.2, 0.25) is 5.91 Å². The average molecular weight is 780 g/mol. The number of rotatable bonds is 10. The van der Waals surface area contributed by atoms with E-state index in [-0.39, 0.29) is 34.3 Å². The maximum absolute atomic E-state index is 15.9. The maximum Gasteiger partial charge on any atom is 0.490 e. The van der Waals surface area contributed by atoms with Gasteiger partial charge in [0.1, 0.15) is 17.7 Å². The zero-order valence-corrected chi connectivity index (χ0v) is 30.2. The van der Waals surface area contributed by atoms with Gasteiger partial charge in [-0.3, -0.25) is 10.1 Å². The minimum Gasteiger partial charge on any atom is -0.493 e. The lowest BCUT2D eigenvalue weighted by Gasteiger charge is -2.32. The van der Waals surface area contributed by atoms with Gasteiger partial charge in [-0.25, -0.2) is 27.4 Å². The van der Waals surface area contributed by atoms with Gasteiger partial charge in [0, 0.05) is 41.1 Å². The number of alkyl halides is 3. The largest absolute Gasteiger partial charge is 0.493 e. The molecule has 1 aliphatic heterocycles. The molecule has 2 amide bonds. The van der Waals surface area contributed by atoms with Crippen molar-refractivity contribution in [3.05, 3.63) is 77.7 Å². The Morgan fingerprint density at radius 2 is 1.67 bits per heavy atom. The number of nitrogens with zero attached hydrogens (tertiary/aromatic N) is 2. The summed E-state index contributed by atoms with van der Waals surface area (Å²) in [7, 11) is 0.268. The first-order valence-corrected chi connectivity index (χ1v) is 17.7. The molecular weight excluding hydrogens is 742 g/mol. The van der Waals surface area contributed by atoms with Crippen molar-refractivity contribution in [2.75, 3.05) is 50.0 Å². The Morgan fingerprint density at radius 3 is 2.28 bits per heavy atom. The number of fused-ring (bicyclic) bond motifs is 1. The molecule has 4 aromatic rings. The number of aromatic nitrogens is 1. The number of nitrogen functional groups attached to an aromatic ring is 1. The lowest BCUT2D eigenvalue weighted by atomic mass is 10.00. The van der Waals surface area contributed by atoms with Crippen LogP contribution >= 0.6 is 0 Å². The number of benzene rings is 3. The number of carbonyl (C=O) groups is 3. The number of carbonyl (C=O) groups excluding carboxylic acids is 2. The molecule has 0 bridgehead atoms. The molecule has 5 N–H and O–H groups in total. The SMILES string of the molecule is CCS(=O)(=O)c1ccc(NC(=O)OC)cc1[C@H]1CCCN1C(=O)[C@H](Nc1ccc2c(N)nccc2c1)c1cc(OC)c(OC)cc1F.O=C(O)C(F)(F)F. The van der Waals surface area contributed by atoms with Gasteiger partial charge < -0.3 is 35.3 Å². The van der Waals surface area contributed by atoms with E-state index in [9.17, 15) is 31.2 Å². The van der Waals surface area contributed by atoms with E-state index in [4.69, 9.17) is 29.8 Å². The molecule has 2 atom stereocenters. The van der Waals surface area contributed by atoms with Gasteiger partial charge in [-0.15, -0.1) is 0 Å². The Labute approximate surface area is 307 Å². The van der Waals surface area contributed by atoms with Crippen LogP contribution in [0.5, 0.6) is 11.5 Å². The minimum absolute atomic E-state index is 0.00449. The Morgan fingerprint density at radius 1 is 1.02 bits per heavy atom. The molecule has 5 rings (SSSR count). The number of halogens is 4. The van der Waals surface area contributed by atoms with Gasteiger partial charge in [0.05, 0.1) is 38.0 Å². The number of carboxylic acids is 1. The second kappa shape index (κ2) is 16.9. The van der Waals surface area contributed by atoms with Gasteiger partial charge in [0.25, 0.3) is 0 Å². The number of sulfone groups is 1. The van der Waals surface area contributed by atoms with Crippen molar-refractivity contribution in [3.63, 3.8) is 0 Å². The Bertz CT molecular complexity index is 2150. The number of hydrogen-bond acceptors (Lipinski definition) is 11. The third-order valence-corrected chi connectivity index (χ3v) is 10.3. The summed E-state index contributed by atoms with van der Waals surface area (Å²) >= 11 is 0. The van der Waals surface area contributed by atoms with Gasteiger partial charge in [-0.1, -0.05) is 6.92 Å². The zero-order chi connectivity index (χ0) is 40.0. The standard InChI is InChI=1S/C33H36FN5O7S.C2HF3O2/c1-5-47(42,43)29-11-9-21(38-33(41)46-4)16-24(29)26-7-6-14-39(26)32(40)30(23-17-27(44-2)28(45-3)18-25(23)34)37-20-8-10-22-19(15-20)12-13-36-31(22)35;3-2(4,5)1(6)7/h8-13,15-18,26,30,37H,5-7,14H2,1-4H3,(H2,35,36)(H,38,41);(H,6,7)/t26-,30-;/m1./s1. The monoisotopic (exact) mass is 779 g/mol. The third-order valence-electron chi connectivity index (χ3n) is 8.46. The van der Waals surface area contributed by atoms with Crippen LogP contribution in [0.4, 0.5) is 39.5 Å². The minimum atomic E-state index is -5.08. The predicted octanol–water partition coefficient (Wildman–Crippen LogP) is 6.10. The van der Waals surface area contributed by atoms with E-state index in [1.54, 1.807) is 35.4 Å². The fourth-order valence-corrected chi connectivity index (χ4v) is 6.98. The van der Waals surface area contributed by atoms with Crippen molar-refractivity contribution in [2.45, 2.75) is 42.9 Å². The Balaban J connectivity index is 0.000000845. The molecule has 19 heteroatoms. The van der Waals surface area contributed by atoms with Crippen molar-refractivity contribution in [1.29, 1.82) is 0 Å². The highest BCUT2D eigenvalue weighted by Gasteiger charge is 2.39. The Kier molecular flexibility index (Phi) is 12.8. The van der Waals surface area contributed by atoms with Crippen LogP contribution in [0.2, 0.25) is 0 Å². The highest BCUT2D eigenvalue weighted by molar-refractivity contribution is 7.91. The molecule has 0 saturated carbocycles. The molecule has 1 aromatic heterocycles. The van der Waals surface area contributed by atoms with Crippen molar-refractivity contribution in [1.82, 2.24) is 9.88 Å². The molecule has 1 fully saturated rings. The fourth-order valence-electron chi connectivity index (χ4n) is 5.84.